The second kappa shape index (κ2) is 7.91. The first kappa shape index (κ1) is 17.8. The summed E-state index contributed by atoms with van der Waals surface area (Å²) >= 11 is 0. The van der Waals surface area contributed by atoms with E-state index in [0.717, 1.165) is 28.3 Å². The molecule has 0 spiro atoms. The lowest BCUT2D eigenvalue weighted by atomic mass is 10.1. The van der Waals surface area contributed by atoms with Crippen molar-refractivity contribution in [3.05, 3.63) is 53.6 Å². The lowest BCUT2D eigenvalue weighted by Gasteiger charge is -2.21. The van der Waals surface area contributed by atoms with Crippen LogP contribution in [0, 0.1) is 0 Å². The van der Waals surface area contributed by atoms with Crippen LogP contribution >= 0.6 is 0 Å². The van der Waals surface area contributed by atoms with Crippen LogP contribution in [0.3, 0.4) is 0 Å². The molecule has 1 N–H and O–H groups in total. The minimum Gasteiger partial charge on any atom is -0.486 e. The molecule has 0 fully saturated rings. The molecule has 6 heteroatoms. The fourth-order valence-corrected chi connectivity index (χ4v) is 2.77. The zero-order valence-electron chi connectivity index (χ0n) is 15.0. The van der Waals surface area contributed by atoms with E-state index in [4.69, 9.17) is 9.47 Å². The lowest BCUT2D eigenvalue weighted by molar-refractivity contribution is -0.129. The highest BCUT2D eigenvalue weighted by Crippen LogP contribution is 2.31. The molecule has 1 heterocycles. The molecule has 0 saturated heterocycles. The molecule has 1 aliphatic rings. The highest BCUT2D eigenvalue weighted by molar-refractivity contribution is 5.88. The summed E-state index contributed by atoms with van der Waals surface area (Å²) < 4.78 is 11.1. The van der Waals surface area contributed by atoms with E-state index in [1.54, 1.807) is 24.1 Å². The monoisotopic (exact) mass is 354 g/mol. The van der Waals surface area contributed by atoms with Gasteiger partial charge in [-0.25, -0.2) is 0 Å². The van der Waals surface area contributed by atoms with Crippen LogP contribution in [0.5, 0.6) is 11.5 Å². The van der Waals surface area contributed by atoms with Crippen LogP contribution in [0.1, 0.15) is 18.1 Å². The van der Waals surface area contributed by atoms with E-state index in [1.807, 2.05) is 30.3 Å². The number of rotatable bonds is 5. The van der Waals surface area contributed by atoms with Gasteiger partial charge < -0.3 is 19.7 Å². The summed E-state index contributed by atoms with van der Waals surface area (Å²) in [6, 6.07) is 13.0. The van der Waals surface area contributed by atoms with Gasteiger partial charge in [-0.3, -0.25) is 9.59 Å². The summed E-state index contributed by atoms with van der Waals surface area (Å²) in [6.45, 7) is 3.06. The van der Waals surface area contributed by atoms with E-state index in [2.05, 4.69) is 5.32 Å². The van der Waals surface area contributed by atoms with Gasteiger partial charge in [-0.1, -0.05) is 18.2 Å². The highest BCUT2D eigenvalue weighted by atomic mass is 16.6. The molecule has 2 aromatic carbocycles. The first-order valence-corrected chi connectivity index (χ1v) is 8.50. The number of anilines is 1. The Hall–Kier alpha value is -3.02. The van der Waals surface area contributed by atoms with Gasteiger partial charge in [0.25, 0.3) is 0 Å². The van der Waals surface area contributed by atoms with Gasteiger partial charge in [0.2, 0.25) is 11.8 Å². The van der Waals surface area contributed by atoms with Crippen molar-refractivity contribution < 1.29 is 19.1 Å². The molecule has 0 radical (unpaired) electrons. The van der Waals surface area contributed by atoms with Gasteiger partial charge in [-0.05, 0) is 35.4 Å². The Labute approximate surface area is 152 Å². The molecular weight excluding hydrogens is 332 g/mol. The number of hydrogen-bond donors (Lipinski definition) is 1. The number of amides is 2. The van der Waals surface area contributed by atoms with Crippen LogP contribution < -0.4 is 14.8 Å². The number of fused-ring (bicyclic) bond motifs is 1. The molecule has 0 aliphatic carbocycles. The number of carbonyl (C=O) groups excluding carboxylic acids is 2. The van der Waals surface area contributed by atoms with Crippen LogP contribution in [-0.4, -0.2) is 37.0 Å². The maximum atomic E-state index is 12.5. The SMILES string of the molecule is CC(=O)Nc1ccc(CC(=O)N(C)Cc2ccc3c(c2)OCCO3)cc1. The number of ether oxygens (including phenoxy) is 2. The topological polar surface area (TPSA) is 67.9 Å². The summed E-state index contributed by atoms with van der Waals surface area (Å²) in [5, 5.41) is 2.71. The molecule has 136 valence electrons. The maximum absolute atomic E-state index is 12.5. The van der Waals surface area contributed by atoms with Gasteiger partial charge in [0.1, 0.15) is 13.2 Å². The molecule has 3 rings (SSSR count). The van der Waals surface area contributed by atoms with Crippen molar-refractivity contribution in [2.75, 3.05) is 25.6 Å². The standard InChI is InChI=1S/C20H22N2O4/c1-14(23)21-17-6-3-15(4-7-17)12-20(24)22(2)13-16-5-8-18-19(11-16)26-10-9-25-18/h3-8,11H,9-10,12-13H2,1-2H3,(H,21,23). The molecule has 0 bridgehead atoms. The smallest absolute Gasteiger partial charge is 0.227 e. The number of likely N-dealkylation sites (N-methyl/N-ethyl adjacent to an activating group) is 1. The highest BCUT2D eigenvalue weighted by Gasteiger charge is 2.14. The number of nitrogens with zero attached hydrogens (tertiary/aromatic N) is 1. The van der Waals surface area contributed by atoms with Crippen molar-refractivity contribution in [2.24, 2.45) is 0 Å². The Bertz CT molecular complexity index is 802. The predicted molar refractivity (Wildman–Crippen MR) is 98.4 cm³/mol. The molecule has 0 saturated carbocycles. The van der Waals surface area contributed by atoms with Crippen molar-refractivity contribution in [3.8, 4) is 11.5 Å². The summed E-state index contributed by atoms with van der Waals surface area (Å²) in [4.78, 5) is 25.2. The predicted octanol–water partition coefficient (Wildman–Crippen LogP) is 2.62. The minimum absolute atomic E-state index is 0.0205. The molecule has 26 heavy (non-hydrogen) atoms. The van der Waals surface area contributed by atoms with E-state index >= 15 is 0 Å². The van der Waals surface area contributed by atoms with Gasteiger partial charge in [-0.2, -0.15) is 0 Å². The van der Waals surface area contributed by atoms with Crippen LogP contribution in [0.15, 0.2) is 42.5 Å². The summed E-state index contributed by atoms with van der Waals surface area (Å²) in [7, 11) is 1.78. The van der Waals surface area contributed by atoms with E-state index < -0.39 is 0 Å². The minimum atomic E-state index is -0.118. The Morgan fingerprint density at radius 1 is 1.00 bits per heavy atom. The summed E-state index contributed by atoms with van der Waals surface area (Å²) in [6.07, 6.45) is 0.307. The molecule has 2 aromatic rings. The average molecular weight is 354 g/mol. The molecule has 1 aliphatic heterocycles. The average Bonchev–Trinajstić information content (AvgIpc) is 2.62. The first-order chi connectivity index (χ1) is 12.5. The largest absolute Gasteiger partial charge is 0.486 e. The molecule has 0 atom stereocenters. The molecule has 0 aromatic heterocycles. The van der Waals surface area contributed by atoms with Crippen molar-refractivity contribution in [3.63, 3.8) is 0 Å². The van der Waals surface area contributed by atoms with Crippen LogP contribution in [0.25, 0.3) is 0 Å². The van der Waals surface area contributed by atoms with Gasteiger partial charge in [-0.15, -0.1) is 0 Å². The second-order valence-corrected chi connectivity index (χ2v) is 6.28. The normalized spacial score (nSPS) is 12.4. The van der Waals surface area contributed by atoms with Crippen molar-refractivity contribution >= 4 is 17.5 Å². The molecule has 0 unspecified atom stereocenters. The Kier molecular flexibility index (Phi) is 5.41. The van der Waals surface area contributed by atoms with E-state index in [-0.39, 0.29) is 11.8 Å². The van der Waals surface area contributed by atoms with Gasteiger partial charge in [0.05, 0.1) is 6.42 Å². The van der Waals surface area contributed by atoms with Gasteiger partial charge in [0.15, 0.2) is 11.5 Å². The molecular formula is C20H22N2O4. The molecule has 6 nitrogen and oxygen atoms in total. The zero-order chi connectivity index (χ0) is 18.5. The number of nitrogens with one attached hydrogen (secondary N) is 1. The van der Waals surface area contributed by atoms with E-state index in [0.29, 0.717) is 26.2 Å². The third-order valence-corrected chi connectivity index (χ3v) is 4.08. The third kappa shape index (κ3) is 4.53. The van der Waals surface area contributed by atoms with Crippen LogP contribution in [0.4, 0.5) is 5.69 Å². The fraction of sp³-hybridized carbons (Fsp3) is 0.300. The Morgan fingerprint density at radius 2 is 1.65 bits per heavy atom. The Morgan fingerprint density at radius 3 is 2.35 bits per heavy atom. The van der Waals surface area contributed by atoms with Crippen LogP contribution in [0.2, 0.25) is 0 Å². The van der Waals surface area contributed by atoms with Crippen molar-refractivity contribution in [2.45, 2.75) is 19.9 Å². The number of hydrogen-bond acceptors (Lipinski definition) is 4. The maximum Gasteiger partial charge on any atom is 0.227 e. The van der Waals surface area contributed by atoms with Crippen LogP contribution in [-0.2, 0) is 22.6 Å². The van der Waals surface area contributed by atoms with Crippen molar-refractivity contribution in [1.82, 2.24) is 4.90 Å². The lowest BCUT2D eigenvalue weighted by Crippen LogP contribution is -2.27. The van der Waals surface area contributed by atoms with Crippen molar-refractivity contribution in [1.29, 1.82) is 0 Å². The molecule has 2 amide bonds. The van der Waals surface area contributed by atoms with E-state index in [9.17, 15) is 9.59 Å². The number of carbonyl (C=O) groups is 2. The van der Waals surface area contributed by atoms with E-state index in [1.165, 1.54) is 6.92 Å². The van der Waals surface area contributed by atoms with Gasteiger partial charge >= 0.3 is 0 Å². The third-order valence-electron chi connectivity index (χ3n) is 4.08. The first-order valence-electron chi connectivity index (χ1n) is 8.50. The Balaban J connectivity index is 1.58. The number of benzene rings is 2. The van der Waals surface area contributed by atoms with Gasteiger partial charge in [0, 0.05) is 26.2 Å². The summed E-state index contributed by atoms with van der Waals surface area (Å²) in [5.41, 5.74) is 2.61. The quantitative estimate of drug-likeness (QED) is 0.896. The fourth-order valence-electron chi connectivity index (χ4n) is 2.77. The summed E-state index contributed by atoms with van der Waals surface area (Å²) in [5.74, 6) is 1.37. The second-order valence-electron chi connectivity index (χ2n) is 6.28. The zero-order valence-corrected chi connectivity index (χ0v) is 15.0.